The number of carbonyl (C=O) groups excluding carboxylic acids is 2. The molecule has 218 valence electrons. The summed E-state index contributed by atoms with van der Waals surface area (Å²) in [6, 6.07) is 13.8. The largest absolute Gasteiger partial charge is 0.530 e. The summed E-state index contributed by atoms with van der Waals surface area (Å²) in [4.78, 5) is 31.4. The SMILES string of the molecule is CCOP(=O)(OCC)OC1=C(C(=O)N(Cc2ccc(OC)cc2OC)c2ccccc2)C(=O)N(C)C2CC=CC=C12. The van der Waals surface area contributed by atoms with Crippen LogP contribution in [0.2, 0.25) is 0 Å². The number of likely N-dealkylation sites (N-methyl/N-ethyl adjacent to an activating group) is 1. The topological polar surface area (TPSA) is 104 Å². The molecule has 1 unspecified atom stereocenters. The summed E-state index contributed by atoms with van der Waals surface area (Å²) >= 11 is 0. The number of anilines is 1. The molecular formula is C30H35N2O8P. The Hall–Kier alpha value is -3.85. The average Bonchev–Trinajstić information content (AvgIpc) is 2.99. The van der Waals surface area contributed by atoms with Crippen molar-refractivity contribution in [3.8, 4) is 11.5 Å². The van der Waals surface area contributed by atoms with E-state index < -0.39 is 25.7 Å². The van der Waals surface area contributed by atoms with Crippen molar-refractivity contribution in [1.29, 1.82) is 0 Å². The molecule has 2 aromatic carbocycles. The molecule has 41 heavy (non-hydrogen) atoms. The van der Waals surface area contributed by atoms with Crippen molar-refractivity contribution in [3.63, 3.8) is 0 Å². The Kier molecular flexibility index (Phi) is 9.70. The standard InChI is InChI=1S/C30H35N2O8P/c1-6-38-41(35,39-7-2)40-28-24-15-11-12-16-25(24)31(3)29(33)27(28)30(34)32(22-13-9-8-10-14-22)20-21-17-18-23(36-4)19-26(21)37-5/h8-15,17-19,25H,6-7,16,20H2,1-5H3. The van der Waals surface area contributed by atoms with E-state index in [1.165, 1.54) is 16.9 Å². The van der Waals surface area contributed by atoms with Gasteiger partial charge in [-0.2, -0.15) is 0 Å². The Bertz CT molecular complexity index is 1410. The number of phosphoric acid groups is 1. The summed E-state index contributed by atoms with van der Waals surface area (Å²) in [7, 11) is 0.555. The van der Waals surface area contributed by atoms with Gasteiger partial charge in [-0.3, -0.25) is 18.6 Å². The molecule has 2 aromatic rings. The Labute approximate surface area is 240 Å². The molecule has 0 saturated heterocycles. The van der Waals surface area contributed by atoms with Crippen LogP contribution in [0.3, 0.4) is 0 Å². The maximum atomic E-state index is 14.5. The minimum atomic E-state index is -4.16. The summed E-state index contributed by atoms with van der Waals surface area (Å²) in [6.07, 6.45) is 5.98. The number of methoxy groups -OCH3 is 2. The van der Waals surface area contributed by atoms with Crippen molar-refractivity contribution in [2.45, 2.75) is 32.9 Å². The molecule has 0 spiro atoms. The first-order chi connectivity index (χ1) is 19.8. The predicted molar refractivity (Wildman–Crippen MR) is 155 cm³/mol. The van der Waals surface area contributed by atoms with E-state index in [1.807, 2.05) is 18.2 Å². The van der Waals surface area contributed by atoms with Gasteiger partial charge in [0.05, 0.1) is 40.0 Å². The number of carbonyl (C=O) groups is 2. The van der Waals surface area contributed by atoms with Crippen molar-refractivity contribution in [1.82, 2.24) is 4.90 Å². The lowest BCUT2D eigenvalue weighted by Gasteiger charge is -2.38. The van der Waals surface area contributed by atoms with Crippen LogP contribution in [0.25, 0.3) is 0 Å². The number of rotatable bonds is 12. The fourth-order valence-corrected chi connectivity index (χ4v) is 5.98. The number of nitrogens with zero attached hydrogens (tertiary/aromatic N) is 2. The number of fused-ring (bicyclic) bond motifs is 1. The molecule has 0 radical (unpaired) electrons. The molecule has 2 aliphatic rings. The van der Waals surface area contributed by atoms with Crippen LogP contribution in [0.5, 0.6) is 11.5 Å². The highest BCUT2D eigenvalue weighted by molar-refractivity contribution is 7.48. The van der Waals surface area contributed by atoms with E-state index >= 15 is 0 Å². The van der Waals surface area contributed by atoms with Gasteiger partial charge < -0.3 is 23.8 Å². The third-order valence-electron chi connectivity index (χ3n) is 6.75. The van der Waals surface area contributed by atoms with Gasteiger partial charge in [-0.15, -0.1) is 0 Å². The number of amides is 2. The molecule has 11 heteroatoms. The lowest BCUT2D eigenvalue weighted by Crippen LogP contribution is -2.48. The predicted octanol–water partition coefficient (Wildman–Crippen LogP) is 5.42. The van der Waals surface area contributed by atoms with Gasteiger partial charge in [0, 0.05) is 29.9 Å². The molecular weight excluding hydrogens is 547 g/mol. The molecule has 1 aliphatic heterocycles. The third kappa shape index (κ3) is 6.40. The van der Waals surface area contributed by atoms with Crippen molar-refractivity contribution < 1.29 is 37.2 Å². The van der Waals surface area contributed by atoms with E-state index in [1.54, 1.807) is 76.5 Å². The fourth-order valence-electron chi connectivity index (χ4n) is 4.75. The Balaban J connectivity index is 1.89. The number of para-hydroxylation sites is 1. The zero-order valence-corrected chi connectivity index (χ0v) is 24.8. The van der Waals surface area contributed by atoms with E-state index in [4.69, 9.17) is 23.0 Å². The second kappa shape index (κ2) is 13.2. The molecule has 0 bridgehead atoms. The van der Waals surface area contributed by atoms with E-state index in [-0.39, 0.29) is 31.1 Å². The first kappa shape index (κ1) is 30.1. The lowest BCUT2D eigenvalue weighted by atomic mass is 9.89. The molecule has 2 amide bonds. The molecule has 0 saturated carbocycles. The van der Waals surface area contributed by atoms with Crippen LogP contribution in [0.15, 0.2) is 83.7 Å². The number of benzene rings is 2. The first-order valence-corrected chi connectivity index (χ1v) is 14.8. The summed E-state index contributed by atoms with van der Waals surface area (Å²) < 4.78 is 41.2. The van der Waals surface area contributed by atoms with Crippen molar-refractivity contribution in [2.24, 2.45) is 0 Å². The van der Waals surface area contributed by atoms with Crippen LogP contribution in [0.1, 0.15) is 25.8 Å². The number of hydrogen-bond acceptors (Lipinski definition) is 8. The van der Waals surface area contributed by atoms with Gasteiger partial charge in [0.1, 0.15) is 17.1 Å². The Morgan fingerprint density at radius 2 is 1.76 bits per heavy atom. The molecule has 0 N–H and O–H groups in total. The zero-order valence-electron chi connectivity index (χ0n) is 23.9. The van der Waals surface area contributed by atoms with Gasteiger partial charge in [0.15, 0.2) is 5.76 Å². The van der Waals surface area contributed by atoms with Crippen molar-refractivity contribution in [3.05, 3.63) is 89.2 Å². The smallest absolute Gasteiger partial charge is 0.497 e. The molecule has 0 fully saturated rings. The van der Waals surface area contributed by atoms with E-state index in [0.29, 0.717) is 34.7 Å². The van der Waals surface area contributed by atoms with Gasteiger partial charge in [-0.05, 0) is 44.5 Å². The van der Waals surface area contributed by atoms with Crippen molar-refractivity contribution >= 4 is 25.3 Å². The Morgan fingerprint density at radius 3 is 2.39 bits per heavy atom. The summed E-state index contributed by atoms with van der Waals surface area (Å²) in [5.41, 5.74) is 1.47. The van der Waals surface area contributed by atoms with E-state index in [0.717, 1.165) is 0 Å². The summed E-state index contributed by atoms with van der Waals surface area (Å²) in [6.45, 7) is 3.44. The first-order valence-electron chi connectivity index (χ1n) is 13.3. The molecule has 1 atom stereocenters. The maximum Gasteiger partial charge on any atom is 0.530 e. The minimum Gasteiger partial charge on any atom is -0.497 e. The monoisotopic (exact) mass is 582 g/mol. The van der Waals surface area contributed by atoms with Crippen LogP contribution >= 0.6 is 7.82 Å². The third-order valence-corrected chi connectivity index (χ3v) is 8.30. The van der Waals surface area contributed by atoms with Gasteiger partial charge in [-0.25, -0.2) is 4.57 Å². The van der Waals surface area contributed by atoms with Gasteiger partial charge in [0.25, 0.3) is 11.8 Å². The van der Waals surface area contributed by atoms with Crippen LogP contribution in [0, 0.1) is 0 Å². The second-order valence-electron chi connectivity index (χ2n) is 9.20. The number of allylic oxidation sites excluding steroid dienone is 2. The highest BCUT2D eigenvalue weighted by atomic mass is 31.2. The second-order valence-corrected chi connectivity index (χ2v) is 10.8. The van der Waals surface area contributed by atoms with Crippen LogP contribution in [0.4, 0.5) is 5.69 Å². The van der Waals surface area contributed by atoms with Gasteiger partial charge in [0.2, 0.25) is 0 Å². The fraction of sp³-hybridized carbons (Fsp3) is 0.333. The van der Waals surface area contributed by atoms with E-state index in [9.17, 15) is 14.2 Å². The van der Waals surface area contributed by atoms with E-state index in [2.05, 4.69) is 0 Å². The highest BCUT2D eigenvalue weighted by Gasteiger charge is 2.45. The highest BCUT2D eigenvalue weighted by Crippen LogP contribution is 2.54. The summed E-state index contributed by atoms with van der Waals surface area (Å²) in [5.74, 6) is -0.219. The molecule has 0 aromatic heterocycles. The minimum absolute atomic E-state index is 0.0392. The average molecular weight is 583 g/mol. The van der Waals surface area contributed by atoms with Crippen molar-refractivity contribution in [2.75, 3.05) is 39.4 Å². The van der Waals surface area contributed by atoms with Crippen LogP contribution in [-0.4, -0.2) is 57.2 Å². The zero-order chi connectivity index (χ0) is 29.6. The number of ether oxygens (including phenoxy) is 2. The molecule has 1 heterocycles. The normalized spacial score (nSPS) is 16.7. The molecule has 10 nitrogen and oxygen atoms in total. The van der Waals surface area contributed by atoms with Gasteiger partial charge >= 0.3 is 7.82 Å². The van der Waals surface area contributed by atoms with Gasteiger partial charge in [-0.1, -0.05) is 36.4 Å². The maximum absolute atomic E-state index is 14.5. The Morgan fingerprint density at radius 1 is 1.05 bits per heavy atom. The quantitative estimate of drug-likeness (QED) is 0.242. The summed E-state index contributed by atoms with van der Waals surface area (Å²) in [5, 5.41) is 0. The number of phosphoric ester groups is 1. The molecule has 1 aliphatic carbocycles. The van der Waals surface area contributed by atoms with Crippen LogP contribution < -0.4 is 14.4 Å². The molecule has 4 rings (SSSR count). The lowest BCUT2D eigenvalue weighted by molar-refractivity contribution is -0.131. The number of hydrogen-bond donors (Lipinski definition) is 0. The van der Waals surface area contributed by atoms with Crippen LogP contribution in [-0.2, 0) is 34.3 Å².